The third kappa shape index (κ3) is 2.78. The summed E-state index contributed by atoms with van der Waals surface area (Å²) < 4.78 is 13.7. The Hall–Kier alpha value is -1.09. The molecule has 0 aliphatic rings. The van der Waals surface area contributed by atoms with Crippen molar-refractivity contribution in [2.24, 2.45) is 0 Å². The number of rotatable bonds is 2. The molecule has 0 amide bonds. The van der Waals surface area contributed by atoms with Gasteiger partial charge in [-0.1, -0.05) is 29.3 Å². The molecule has 0 aliphatic carbocycles. The fourth-order valence-corrected chi connectivity index (χ4v) is 2.13. The zero-order valence-corrected chi connectivity index (χ0v) is 10.3. The number of hydrogen-bond acceptors (Lipinski definition) is 1. The lowest BCUT2D eigenvalue weighted by Gasteiger charge is -2.07. The van der Waals surface area contributed by atoms with Crippen LogP contribution < -0.4 is 0 Å². The molecular weight excluding hydrogens is 262 g/mol. The molecule has 2 rings (SSSR count). The van der Waals surface area contributed by atoms with E-state index in [1.54, 1.807) is 24.3 Å². The zero-order valence-electron chi connectivity index (χ0n) is 8.75. The summed E-state index contributed by atoms with van der Waals surface area (Å²) in [5.41, 5.74) is 1.61. The second kappa shape index (κ2) is 5.05. The molecule has 0 saturated carbocycles. The number of aliphatic hydroxyl groups is 1. The molecule has 17 heavy (non-hydrogen) atoms. The van der Waals surface area contributed by atoms with Crippen molar-refractivity contribution in [2.75, 3.05) is 0 Å². The van der Waals surface area contributed by atoms with Crippen molar-refractivity contribution in [3.8, 4) is 11.1 Å². The van der Waals surface area contributed by atoms with E-state index in [1.807, 2.05) is 0 Å². The fraction of sp³-hybridized carbons (Fsp3) is 0.0769. The predicted molar refractivity (Wildman–Crippen MR) is 67.8 cm³/mol. The van der Waals surface area contributed by atoms with Gasteiger partial charge in [-0.25, -0.2) is 4.39 Å². The molecule has 0 heterocycles. The molecule has 88 valence electrons. The average molecular weight is 271 g/mol. The van der Waals surface area contributed by atoms with Crippen molar-refractivity contribution >= 4 is 23.2 Å². The van der Waals surface area contributed by atoms with E-state index in [4.69, 9.17) is 28.3 Å². The fourth-order valence-electron chi connectivity index (χ4n) is 1.60. The van der Waals surface area contributed by atoms with Gasteiger partial charge in [0.1, 0.15) is 5.82 Å². The summed E-state index contributed by atoms with van der Waals surface area (Å²) in [4.78, 5) is 0. The van der Waals surface area contributed by atoms with E-state index in [0.29, 0.717) is 26.7 Å². The SMILES string of the molecule is OCc1ccc(F)c(-c2cc(Cl)cc(Cl)c2)c1. The number of benzene rings is 2. The summed E-state index contributed by atoms with van der Waals surface area (Å²) in [6, 6.07) is 9.28. The normalized spacial score (nSPS) is 10.6. The van der Waals surface area contributed by atoms with Gasteiger partial charge in [-0.3, -0.25) is 0 Å². The zero-order chi connectivity index (χ0) is 12.4. The number of hydrogen-bond donors (Lipinski definition) is 1. The van der Waals surface area contributed by atoms with Crippen molar-refractivity contribution < 1.29 is 9.50 Å². The van der Waals surface area contributed by atoms with Crippen LogP contribution in [0.25, 0.3) is 11.1 Å². The van der Waals surface area contributed by atoms with Gasteiger partial charge in [0.25, 0.3) is 0 Å². The molecule has 0 aromatic heterocycles. The van der Waals surface area contributed by atoms with E-state index in [9.17, 15) is 4.39 Å². The minimum absolute atomic E-state index is 0.137. The number of aliphatic hydroxyl groups excluding tert-OH is 1. The van der Waals surface area contributed by atoms with E-state index in [2.05, 4.69) is 0 Å². The Kier molecular flexibility index (Phi) is 3.67. The molecule has 0 fully saturated rings. The van der Waals surface area contributed by atoms with Gasteiger partial charge in [-0.15, -0.1) is 0 Å². The van der Waals surface area contributed by atoms with Crippen LogP contribution in [0, 0.1) is 5.82 Å². The van der Waals surface area contributed by atoms with Crippen molar-refractivity contribution in [1.82, 2.24) is 0 Å². The lowest BCUT2D eigenvalue weighted by molar-refractivity contribution is 0.282. The van der Waals surface area contributed by atoms with Crippen LogP contribution >= 0.6 is 23.2 Å². The molecule has 1 nitrogen and oxygen atoms in total. The Labute approximate surface area is 108 Å². The molecule has 0 aliphatic heterocycles. The molecule has 0 radical (unpaired) electrons. The summed E-state index contributed by atoms with van der Waals surface area (Å²) in [6.45, 7) is -0.137. The highest BCUT2D eigenvalue weighted by atomic mass is 35.5. The predicted octanol–water partition coefficient (Wildman–Crippen LogP) is 4.29. The van der Waals surface area contributed by atoms with Crippen LogP contribution in [0.5, 0.6) is 0 Å². The minimum Gasteiger partial charge on any atom is -0.392 e. The third-order valence-electron chi connectivity index (χ3n) is 2.39. The molecule has 2 aromatic carbocycles. The standard InChI is InChI=1S/C13H9Cl2FO/c14-10-4-9(5-11(15)6-10)12-3-8(7-17)1-2-13(12)16/h1-6,17H,7H2. The maximum absolute atomic E-state index is 13.7. The Bertz CT molecular complexity index is 535. The lowest BCUT2D eigenvalue weighted by Crippen LogP contribution is -1.89. The monoisotopic (exact) mass is 270 g/mol. The highest BCUT2D eigenvalue weighted by Gasteiger charge is 2.08. The Morgan fingerprint density at radius 2 is 1.65 bits per heavy atom. The Morgan fingerprint density at radius 1 is 1.00 bits per heavy atom. The van der Waals surface area contributed by atoms with E-state index in [1.165, 1.54) is 12.1 Å². The van der Waals surface area contributed by atoms with Crippen LogP contribution in [0.1, 0.15) is 5.56 Å². The van der Waals surface area contributed by atoms with Gasteiger partial charge < -0.3 is 5.11 Å². The second-order valence-corrected chi connectivity index (χ2v) is 4.50. The van der Waals surface area contributed by atoms with Gasteiger partial charge in [0.15, 0.2) is 0 Å². The molecule has 0 unspecified atom stereocenters. The summed E-state index contributed by atoms with van der Waals surface area (Å²) >= 11 is 11.7. The van der Waals surface area contributed by atoms with Gasteiger partial charge in [0.2, 0.25) is 0 Å². The largest absolute Gasteiger partial charge is 0.392 e. The molecule has 2 aromatic rings. The third-order valence-corrected chi connectivity index (χ3v) is 2.82. The van der Waals surface area contributed by atoms with Crippen LogP contribution in [-0.4, -0.2) is 5.11 Å². The van der Waals surface area contributed by atoms with Gasteiger partial charge >= 0.3 is 0 Å². The summed E-state index contributed by atoms with van der Waals surface area (Å²) in [5, 5.41) is 9.93. The van der Waals surface area contributed by atoms with Crippen molar-refractivity contribution in [3.05, 3.63) is 57.8 Å². The van der Waals surface area contributed by atoms with Crippen LogP contribution in [-0.2, 0) is 6.61 Å². The number of halogens is 3. The first-order valence-corrected chi connectivity index (χ1v) is 5.71. The van der Waals surface area contributed by atoms with Crippen molar-refractivity contribution in [2.45, 2.75) is 6.61 Å². The van der Waals surface area contributed by atoms with Gasteiger partial charge in [-0.05, 0) is 41.5 Å². The molecule has 0 atom stereocenters. The molecule has 4 heteroatoms. The Balaban J connectivity index is 2.58. The quantitative estimate of drug-likeness (QED) is 0.863. The van der Waals surface area contributed by atoms with Crippen molar-refractivity contribution in [3.63, 3.8) is 0 Å². The van der Waals surface area contributed by atoms with Crippen molar-refractivity contribution in [1.29, 1.82) is 0 Å². The minimum atomic E-state index is -0.375. The van der Waals surface area contributed by atoms with E-state index in [-0.39, 0.29) is 12.4 Å². The highest BCUT2D eigenvalue weighted by molar-refractivity contribution is 6.35. The van der Waals surface area contributed by atoms with Crippen LogP contribution in [0.4, 0.5) is 4.39 Å². The highest BCUT2D eigenvalue weighted by Crippen LogP contribution is 2.29. The summed E-state index contributed by atoms with van der Waals surface area (Å²) in [5.74, 6) is -0.375. The van der Waals surface area contributed by atoms with Crippen LogP contribution in [0.15, 0.2) is 36.4 Å². The molecule has 0 spiro atoms. The topological polar surface area (TPSA) is 20.2 Å². The van der Waals surface area contributed by atoms with E-state index >= 15 is 0 Å². The van der Waals surface area contributed by atoms with E-state index < -0.39 is 0 Å². The molecular formula is C13H9Cl2FO. The Morgan fingerprint density at radius 3 is 2.24 bits per heavy atom. The lowest BCUT2D eigenvalue weighted by atomic mass is 10.0. The van der Waals surface area contributed by atoms with Gasteiger partial charge in [0.05, 0.1) is 6.61 Å². The summed E-state index contributed by atoms with van der Waals surface area (Å²) in [6.07, 6.45) is 0. The van der Waals surface area contributed by atoms with Crippen LogP contribution in [0.3, 0.4) is 0 Å². The molecule has 0 saturated heterocycles. The van der Waals surface area contributed by atoms with E-state index in [0.717, 1.165) is 0 Å². The first-order chi connectivity index (χ1) is 8.10. The maximum atomic E-state index is 13.7. The first kappa shape index (κ1) is 12.4. The van der Waals surface area contributed by atoms with Crippen LogP contribution in [0.2, 0.25) is 10.0 Å². The smallest absolute Gasteiger partial charge is 0.131 e. The maximum Gasteiger partial charge on any atom is 0.131 e. The second-order valence-electron chi connectivity index (χ2n) is 3.63. The summed E-state index contributed by atoms with van der Waals surface area (Å²) in [7, 11) is 0. The van der Waals surface area contributed by atoms with Gasteiger partial charge in [-0.2, -0.15) is 0 Å². The average Bonchev–Trinajstić information content (AvgIpc) is 2.28. The molecule has 1 N–H and O–H groups in total. The molecule has 0 bridgehead atoms. The van der Waals surface area contributed by atoms with Gasteiger partial charge in [0, 0.05) is 15.6 Å². The first-order valence-electron chi connectivity index (χ1n) is 4.96.